The van der Waals surface area contributed by atoms with Crippen LogP contribution >= 0.6 is 23.2 Å². The molecule has 16 heavy (non-hydrogen) atoms. The van der Waals surface area contributed by atoms with Crippen molar-refractivity contribution in [3.05, 3.63) is 33.7 Å². The van der Waals surface area contributed by atoms with Crippen molar-refractivity contribution in [3.8, 4) is 0 Å². The Kier molecular flexibility index (Phi) is 3.25. The molecule has 0 radical (unpaired) electrons. The van der Waals surface area contributed by atoms with E-state index in [0.717, 1.165) is 0 Å². The van der Waals surface area contributed by atoms with Gasteiger partial charge in [0.05, 0.1) is 18.7 Å². The summed E-state index contributed by atoms with van der Waals surface area (Å²) in [6, 6.07) is 3.29. The third-order valence-corrected chi connectivity index (χ3v) is 2.74. The maximum atomic E-state index is 9.13. The van der Waals surface area contributed by atoms with Gasteiger partial charge in [-0.3, -0.25) is 0 Å². The van der Waals surface area contributed by atoms with Gasteiger partial charge >= 0.3 is 0 Å². The summed E-state index contributed by atoms with van der Waals surface area (Å²) in [5, 5.41) is 19.1. The molecular weight excluding hydrogens is 251 g/mol. The van der Waals surface area contributed by atoms with Gasteiger partial charge in [0.2, 0.25) is 5.28 Å². The Morgan fingerprint density at radius 1 is 1.00 bits per heavy atom. The molecular formula is C10H8Cl2N2O2. The minimum absolute atomic E-state index is 0.0538. The molecule has 0 aliphatic rings. The SMILES string of the molecule is OCc1cc2nc(Cl)nc(Cl)c2cc1CO. The predicted octanol–water partition coefficient (Wildman–Crippen LogP) is 1.92. The first-order valence-electron chi connectivity index (χ1n) is 4.52. The summed E-state index contributed by atoms with van der Waals surface area (Å²) in [6.45, 7) is -0.351. The van der Waals surface area contributed by atoms with Crippen molar-refractivity contribution in [1.29, 1.82) is 0 Å². The lowest BCUT2D eigenvalue weighted by Gasteiger charge is -2.07. The monoisotopic (exact) mass is 258 g/mol. The van der Waals surface area contributed by atoms with Crippen LogP contribution in [0.25, 0.3) is 10.9 Å². The largest absolute Gasteiger partial charge is 0.392 e. The quantitative estimate of drug-likeness (QED) is 0.638. The molecule has 0 amide bonds. The Labute approximate surface area is 101 Å². The van der Waals surface area contributed by atoms with Crippen molar-refractivity contribution in [1.82, 2.24) is 9.97 Å². The number of fused-ring (bicyclic) bond motifs is 1. The van der Waals surface area contributed by atoms with Crippen LogP contribution in [0.5, 0.6) is 0 Å². The number of rotatable bonds is 2. The number of aliphatic hydroxyl groups is 2. The molecule has 0 aliphatic heterocycles. The highest BCUT2D eigenvalue weighted by Gasteiger charge is 2.09. The van der Waals surface area contributed by atoms with E-state index in [1.54, 1.807) is 12.1 Å². The highest BCUT2D eigenvalue weighted by molar-refractivity contribution is 6.35. The normalized spacial score (nSPS) is 11.0. The highest BCUT2D eigenvalue weighted by Crippen LogP contribution is 2.25. The fraction of sp³-hybridized carbons (Fsp3) is 0.200. The van der Waals surface area contributed by atoms with Gasteiger partial charge in [0.25, 0.3) is 0 Å². The van der Waals surface area contributed by atoms with Gasteiger partial charge in [0.15, 0.2) is 0 Å². The number of hydrogen-bond donors (Lipinski definition) is 2. The molecule has 2 aromatic rings. The minimum Gasteiger partial charge on any atom is -0.392 e. The van der Waals surface area contributed by atoms with Crippen LogP contribution in [0, 0.1) is 0 Å². The molecule has 1 heterocycles. The van der Waals surface area contributed by atoms with E-state index in [1.807, 2.05) is 0 Å². The first-order valence-corrected chi connectivity index (χ1v) is 5.27. The van der Waals surface area contributed by atoms with E-state index >= 15 is 0 Å². The summed E-state index contributed by atoms with van der Waals surface area (Å²) in [5.41, 5.74) is 1.75. The van der Waals surface area contributed by atoms with Gasteiger partial charge in [-0.1, -0.05) is 11.6 Å². The van der Waals surface area contributed by atoms with Crippen molar-refractivity contribution in [2.24, 2.45) is 0 Å². The van der Waals surface area contributed by atoms with Gasteiger partial charge in [-0.2, -0.15) is 0 Å². The summed E-state index contributed by atoms with van der Waals surface area (Å²) >= 11 is 11.6. The van der Waals surface area contributed by atoms with Gasteiger partial charge in [-0.05, 0) is 34.9 Å². The van der Waals surface area contributed by atoms with E-state index in [4.69, 9.17) is 33.4 Å². The number of hydrogen-bond acceptors (Lipinski definition) is 4. The molecule has 6 heteroatoms. The number of aliphatic hydroxyl groups excluding tert-OH is 2. The molecule has 0 bridgehead atoms. The van der Waals surface area contributed by atoms with E-state index in [-0.39, 0.29) is 23.7 Å². The van der Waals surface area contributed by atoms with Crippen LogP contribution in [-0.2, 0) is 13.2 Å². The molecule has 0 fully saturated rings. The van der Waals surface area contributed by atoms with Gasteiger partial charge in [-0.15, -0.1) is 0 Å². The highest BCUT2D eigenvalue weighted by atomic mass is 35.5. The second-order valence-corrected chi connectivity index (χ2v) is 3.93. The predicted molar refractivity (Wildman–Crippen MR) is 61.4 cm³/mol. The molecule has 1 aromatic carbocycles. The van der Waals surface area contributed by atoms with Crippen LogP contribution in [0.1, 0.15) is 11.1 Å². The summed E-state index contributed by atoms with van der Waals surface area (Å²) in [7, 11) is 0. The third-order valence-electron chi connectivity index (χ3n) is 2.28. The van der Waals surface area contributed by atoms with Crippen LogP contribution in [-0.4, -0.2) is 20.2 Å². The zero-order valence-electron chi connectivity index (χ0n) is 8.11. The number of nitrogens with zero attached hydrogens (tertiary/aromatic N) is 2. The molecule has 2 rings (SSSR count). The van der Waals surface area contributed by atoms with E-state index < -0.39 is 0 Å². The summed E-state index contributed by atoms with van der Waals surface area (Å²) in [6.07, 6.45) is 0. The second-order valence-electron chi connectivity index (χ2n) is 3.24. The van der Waals surface area contributed by atoms with E-state index in [2.05, 4.69) is 9.97 Å². The van der Waals surface area contributed by atoms with Crippen LogP contribution in [0.3, 0.4) is 0 Å². The molecule has 1 aromatic heterocycles. The Hall–Kier alpha value is -0.940. The van der Waals surface area contributed by atoms with E-state index in [9.17, 15) is 0 Å². The average molecular weight is 259 g/mol. The lowest BCUT2D eigenvalue weighted by atomic mass is 10.1. The molecule has 0 saturated heterocycles. The lowest BCUT2D eigenvalue weighted by molar-refractivity contribution is 0.260. The van der Waals surface area contributed by atoms with Gasteiger partial charge in [0, 0.05) is 5.39 Å². The molecule has 4 nitrogen and oxygen atoms in total. The van der Waals surface area contributed by atoms with Gasteiger partial charge < -0.3 is 10.2 Å². The van der Waals surface area contributed by atoms with Crippen molar-refractivity contribution in [3.63, 3.8) is 0 Å². The molecule has 84 valence electrons. The standard InChI is InChI=1S/C10H8Cl2N2O2/c11-9-7-1-5(3-15)6(4-16)2-8(7)13-10(12)14-9/h1-2,15-16H,3-4H2. The van der Waals surface area contributed by atoms with Gasteiger partial charge in [-0.25, -0.2) is 9.97 Å². The van der Waals surface area contributed by atoms with Crippen LogP contribution in [0.4, 0.5) is 0 Å². The Balaban J connectivity index is 2.78. The van der Waals surface area contributed by atoms with Crippen molar-refractivity contribution >= 4 is 34.1 Å². The van der Waals surface area contributed by atoms with Crippen LogP contribution < -0.4 is 0 Å². The van der Waals surface area contributed by atoms with Crippen LogP contribution in [0.15, 0.2) is 12.1 Å². The number of aromatic nitrogens is 2. The number of benzene rings is 1. The van der Waals surface area contributed by atoms with Crippen LogP contribution in [0.2, 0.25) is 10.4 Å². The summed E-state index contributed by atoms with van der Waals surface area (Å²) < 4.78 is 0. The first kappa shape index (κ1) is 11.5. The fourth-order valence-corrected chi connectivity index (χ4v) is 1.94. The first-order chi connectivity index (χ1) is 7.65. The minimum atomic E-state index is -0.176. The van der Waals surface area contributed by atoms with Crippen molar-refractivity contribution < 1.29 is 10.2 Å². The molecule has 0 unspecified atom stereocenters. The maximum absolute atomic E-state index is 9.13. The fourth-order valence-electron chi connectivity index (χ4n) is 1.49. The molecule has 0 spiro atoms. The maximum Gasteiger partial charge on any atom is 0.224 e. The summed E-state index contributed by atoms with van der Waals surface area (Å²) in [4.78, 5) is 7.81. The molecule has 0 aliphatic carbocycles. The number of halogens is 2. The van der Waals surface area contributed by atoms with Crippen molar-refractivity contribution in [2.45, 2.75) is 13.2 Å². The Bertz CT molecular complexity index is 546. The average Bonchev–Trinajstić information content (AvgIpc) is 2.27. The molecule has 2 N–H and O–H groups in total. The van der Waals surface area contributed by atoms with E-state index in [0.29, 0.717) is 22.0 Å². The van der Waals surface area contributed by atoms with Gasteiger partial charge in [0.1, 0.15) is 5.15 Å². The Morgan fingerprint density at radius 3 is 2.25 bits per heavy atom. The summed E-state index contributed by atoms with van der Waals surface area (Å²) in [5.74, 6) is 0. The Morgan fingerprint density at radius 2 is 1.62 bits per heavy atom. The zero-order valence-corrected chi connectivity index (χ0v) is 9.63. The zero-order chi connectivity index (χ0) is 11.7. The molecule has 0 saturated carbocycles. The third kappa shape index (κ3) is 1.97. The van der Waals surface area contributed by atoms with E-state index in [1.165, 1.54) is 0 Å². The smallest absolute Gasteiger partial charge is 0.224 e. The van der Waals surface area contributed by atoms with Crippen molar-refractivity contribution in [2.75, 3.05) is 0 Å². The lowest BCUT2D eigenvalue weighted by Crippen LogP contribution is -1.96. The second kappa shape index (κ2) is 4.51. The molecule has 0 atom stereocenters. The topological polar surface area (TPSA) is 66.2 Å².